The number of aryl methyl sites for hydroxylation is 2. The van der Waals surface area contributed by atoms with E-state index >= 15 is 0 Å². The summed E-state index contributed by atoms with van der Waals surface area (Å²) in [5.41, 5.74) is 8.62. The van der Waals surface area contributed by atoms with Crippen LogP contribution in [0.25, 0.3) is 0 Å². The zero-order chi connectivity index (χ0) is 14.7. The third-order valence-electron chi connectivity index (χ3n) is 2.88. The smallest absolute Gasteiger partial charge is 0.271 e. The zero-order valence-electron chi connectivity index (χ0n) is 11.6. The zero-order valence-corrected chi connectivity index (χ0v) is 11.6. The Morgan fingerprint density at radius 2 is 1.95 bits per heavy atom. The molecular weight excluding hydrogens is 256 g/mol. The molecule has 0 saturated carbocycles. The molecule has 0 aliphatic carbocycles. The quantitative estimate of drug-likeness (QED) is 0.832. The average Bonchev–Trinajstić information content (AvgIpc) is 2.44. The summed E-state index contributed by atoms with van der Waals surface area (Å²) >= 11 is 0. The Balaban J connectivity index is 2.22. The number of nitrogens with zero attached hydrogens (tertiary/aromatic N) is 2. The van der Waals surface area contributed by atoms with E-state index in [0.29, 0.717) is 11.6 Å². The van der Waals surface area contributed by atoms with E-state index < -0.39 is 0 Å². The summed E-state index contributed by atoms with van der Waals surface area (Å²) in [6.45, 7) is 3.81. The van der Waals surface area contributed by atoms with Gasteiger partial charge in [0.1, 0.15) is 5.75 Å². The van der Waals surface area contributed by atoms with Crippen LogP contribution in [0.2, 0.25) is 0 Å². The van der Waals surface area contributed by atoms with E-state index in [0.717, 1.165) is 16.8 Å². The van der Waals surface area contributed by atoms with E-state index in [1.807, 2.05) is 26.0 Å². The lowest BCUT2D eigenvalue weighted by Crippen LogP contribution is -2.19. The van der Waals surface area contributed by atoms with Gasteiger partial charge in [-0.3, -0.25) is 4.79 Å². The fourth-order valence-corrected chi connectivity index (χ4v) is 1.66. The lowest BCUT2D eigenvalue weighted by molar-refractivity contribution is 0.0957. The van der Waals surface area contributed by atoms with E-state index in [2.05, 4.69) is 15.5 Å². The SMILES string of the molecule is CNC(=O)c1ccc(Oc2cc(C)c(N)cc2C)nn1. The largest absolute Gasteiger partial charge is 0.437 e. The molecular formula is C14H16N4O2. The number of rotatable bonds is 3. The maximum Gasteiger partial charge on any atom is 0.271 e. The Morgan fingerprint density at radius 1 is 1.20 bits per heavy atom. The molecule has 0 aliphatic heterocycles. The molecule has 1 aromatic carbocycles. The van der Waals surface area contributed by atoms with E-state index in [1.54, 1.807) is 12.1 Å². The lowest BCUT2D eigenvalue weighted by atomic mass is 10.1. The molecule has 20 heavy (non-hydrogen) atoms. The molecule has 0 saturated heterocycles. The number of benzene rings is 1. The van der Waals surface area contributed by atoms with Crippen molar-refractivity contribution in [3.63, 3.8) is 0 Å². The predicted octanol–water partition coefficient (Wildman–Crippen LogP) is 1.83. The van der Waals surface area contributed by atoms with Crippen LogP contribution in [-0.4, -0.2) is 23.2 Å². The molecule has 1 aromatic heterocycles. The Morgan fingerprint density at radius 3 is 2.55 bits per heavy atom. The monoisotopic (exact) mass is 272 g/mol. The lowest BCUT2D eigenvalue weighted by Gasteiger charge is -2.10. The van der Waals surface area contributed by atoms with Crippen LogP contribution in [0.15, 0.2) is 24.3 Å². The normalized spacial score (nSPS) is 10.2. The molecule has 0 aliphatic rings. The van der Waals surface area contributed by atoms with Gasteiger partial charge in [-0.25, -0.2) is 0 Å². The van der Waals surface area contributed by atoms with Crippen LogP contribution in [-0.2, 0) is 0 Å². The number of carbonyl (C=O) groups is 1. The summed E-state index contributed by atoms with van der Waals surface area (Å²) in [5, 5.41) is 10.2. The minimum absolute atomic E-state index is 0.241. The highest BCUT2D eigenvalue weighted by molar-refractivity contribution is 5.91. The molecule has 1 heterocycles. The minimum Gasteiger partial charge on any atom is -0.437 e. The molecule has 104 valence electrons. The summed E-state index contributed by atoms with van der Waals surface area (Å²) in [6.07, 6.45) is 0. The van der Waals surface area contributed by atoms with E-state index in [1.165, 1.54) is 7.05 Å². The first kappa shape index (κ1) is 13.8. The van der Waals surface area contributed by atoms with Gasteiger partial charge in [0.25, 0.3) is 5.91 Å². The maximum absolute atomic E-state index is 11.4. The minimum atomic E-state index is -0.288. The van der Waals surface area contributed by atoms with Crippen molar-refractivity contribution in [2.24, 2.45) is 0 Å². The number of amides is 1. The second kappa shape index (κ2) is 5.56. The van der Waals surface area contributed by atoms with Gasteiger partial charge >= 0.3 is 0 Å². The molecule has 2 aromatic rings. The van der Waals surface area contributed by atoms with Gasteiger partial charge < -0.3 is 15.8 Å². The van der Waals surface area contributed by atoms with Crippen molar-refractivity contribution in [1.82, 2.24) is 15.5 Å². The number of nitrogen functional groups attached to an aromatic ring is 1. The molecule has 0 bridgehead atoms. The average molecular weight is 272 g/mol. The molecule has 0 unspecified atom stereocenters. The Hall–Kier alpha value is -2.63. The molecule has 0 atom stereocenters. The van der Waals surface area contributed by atoms with Crippen molar-refractivity contribution >= 4 is 11.6 Å². The predicted molar refractivity (Wildman–Crippen MR) is 75.8 cm³/mol. The van der Waals surface area contributed by atoms with Crippen LogP contribution in [0.5, 0.6) is 11.6 Å². The van der Waals surface area contributed by atoms with Crippen molar-refractivity contribution < 1.29 is 9.53 Å². The van der Waals surface area contributed by atoms with Gasteiger partial charge in [-0.1, -0.05) is 0 Å². The van der Waals surface area contributed by atoms with Gasteiger partial charge in [0.2, 0.25) is 5.88 Å². The van der Waals surface area contributed by atoms with Gasteiger partial charge in [0, 0.05) is 18.8 Å². The molecule has 1 amide bonds. The number of nitrogens with one attached hydrogen (secondary N) is 1. The number of hydrogen-bond acceptors (Lipinski definition) is 5. The molecule has 0 fully saturated rings. The second-order valence-electron chi connectivity index (χ2n) is 4.41. The fraction of sp³-hybridized carbons (Fsp3) is 0.214. The fourth-order valence-electron chi connectivity index (χ4n) is 1.66. The molecule has 6 heteroatoms. The number of anilines is 1. The Labute approximate surface area is 117 Å². The van der Waals surface area contributed by atoms with Crippen LogP contribution in [0, 0.1) is 13.8 Å². The van der Waals surface area contributed by atoms with E-state index in [-0.39, 0.29) is 11.6 Å². The molecule has 3 N–H and O–H groups in total. The molecule has 6 nitrogen and oxygen atoms in total. The van der Waals surface area contributed by atoms with Crippen molar-refractivity contribution in [2.45, 2.75) is 13.8 Å². The summed E-state index contributed by atoms with van der Waals surface area (Å²) in [5.74, 6) is 0.701. The van der Waals surface area contributed by atoms with Crippen LogP contribution < -0.4 is 15.8 Å². The van der Waals surface area contributed by atoms with Crippen LogP contribution >= 0.6 is 0 Å². The summed E-state index contributed by atoms with van der Waals surface area (Å²) in [6, 6.07) is 6.85. The van der Waals surface area contributed by atoms with E-state index in [9.17, 15) is 4.79 Å². The number of ether oxygens (including phenoxy) is 1. The number of hydrogen-bond donors (Lipinski definition) is 2. The van der Waals surface area contributed by atoms with Crippen molar-refractivity contribution in [3.8, 4) is 11.6 Å². The highest BCUT2D eigenvalue weighted by Gasteiger charge is 2.08. The van der Waals surface area contributed by atoms with Crippen LogP contribution in [0.3, 0.4) is 0 Å². The van der Waals surface area contributed by atoms with Crippen molar-refractivity contribution in [3.05, 3.63) is 41.1 Å². The van der Waals surface area contributed by atoms with Gasteiger partial charge in [-0.2, -0.15) is 0 Å². The molecule has 2 rings (SSSR count). The highest BCUT2D eigenvalue weighted by atomic mass is 16.5. The third-order valence-corrected chi connectivity index (χ3v) is 2.88. The van der Waals surface area contributed by atoms with Gasteiger partial charge in [0.15, 0.2) is 5.69 Å². The number of aromatic nitrogens is 2. The van der Waals surface area contributed by atoms with E-state index in [4.69, 9.17) is 10.5 Å². The highest BCUT2D eigenvalue weighted by Crippen LogP contribution is 2.27. The standard InChI is InChI=1S/C14H16N4O2/c1-8-7-12(9(2)6-10(8)15)20-13-5-4-11(17-18-13)14(19)16-3/h4-7H,15H2,1-3H3,(H,16,19). The first-order chi connectivity index (χ1) is 9.51. The summed E-state index contributed by atoms with van der Waals surface area (Å²) in [7, 11) is 1.54. The topological polar surface area (TPSA) is 90.1 Å². The first-order valence-corrected chi connectivity index (χ1v) is 6.11. The Bertz CT molecular complexity index is 638. The summed E-state index contributed by atoms with van der Waals surface area (Å²) < 4.78 is 5.65. The Kier molecular flexibility index (Phi) is 3.84. The van der Waals surface area contributed by atoms with Crippen molar-refractivity contribution in [2.75, 3.05) is 12.8 Å². The number of nitrogens with two attached hydrogens (primary N) is 1. The first-order valence-electron chi connectivity index (χ1n) is 6.11. The van der Waals surface area contributed by atoms with Crippen LogP contribution in [0.1, 0.15) is 21.6 Å². The third kappa shape index (κ3) is 2.85. The van der Waals surface area contributed by atoms with Gasteiger partial charge in [-0.05, 0) is 43.2 Å². The van der Waals surface area contributed by atoms with Gasteiger partial charge in [0.05, 0.1) is 0 Å². The van der Waals surface area contributed by atoms with Crippen molar-refractivity contribution in [1.29, 1.82) is 0 Å². The second-order valence-corrected chi connectivity index (χ2v) is 4.41. The summed E-state index contributed by atoms with van der Waals surface area (Å²) in [4.78, 5) is 11.4. The molecule has 0 spiro atoms. The van der Waals surface area contributed by atoms with Gasteiger partial charge in [-0.15, -0.1) is 10.2 Å². The number of carbonyl (C=O) groups excluding carboxylic acids is 1. The molecule has 0 radical (unpaired) electrons. The maximum atomic E-state index is 11.4. The van der Waals surface area contributed by atoms with Crippen LogP contribution in [0.4, 0.5) is 5.69 Å².